The van der Waals surface area contributed by atoms with Crippen molar-refractivity contribution >= 4 is 11.9 Å². The molecule has 5 heteroatoms. The summed E-state index contributed by atoms with van der Waals surface area (Å²) in [7, 11) is 0. The van der Waals surface area contributed by atoms with Crippen LogP contribution in [0, 0.1) is 0 Å². The monoisotopic (exact) mass is 323 g/mol. The van der Waals surface area contributed by atoms with Gasteiger partial charge < -0.3 is 15.1 Å². The predicted octanol–water partition coefficient (Wildman–Crippen LogP) is 3.81. The predicted molar refractivity (Wildman–Crippen MR) is 90.2 cm³/mol. The molecule has 23 heavy (non-hydrogen) atoms. The van der Waals surface area contributed by atoms with Gasteiger partial charge in [-0.05, 0) is 31.8 Å². The van der Waals surface area contributed by atoms with Crippen LogP contribution in [-0.4, -0.2) is 40.1 Å². The van der Waals surface area contributed by atoms with E-state index < -0.39 is 11.9 Å². The molecule has 0 aromatic rings. The molecule has 1 rings (SSSR count). The number of carboxylic acids is 2. The van der Waals surface area contributed by atoms with Crippen LogP contribution in [0.5, 0.6) is 0 Å². The Bertz CT molecular complexity index is 469. The van der Waals surface area contributed by atoms with E-state index >= 15 is 0 Å². The van der Waals surface area contributed by atoms with Crippen molar-refractivity contribution in [3.05, 3.63) is 22.9 Å². The van der Waals surface area contributed by atoms with Crippen molar-refractivity contribution in [3.63, 3.8) is 0 Å². The zero-order valence-corrected chi connectivity index (χ0v) is 14.3. The molecule has 0 radical (unpaired) electrons. The molecular weight excluding hydrogens is 294 g/mol. The fourth-order valence-corrected chi connectivity index (χ4v) is 2.84. The Labute approximate surface area is 138 Å². The van der Waals surface area contributed by atoms with Crippen LogP contribution in [0.3, 0.4) is 0 Å². The van der Waals surface area contributed by atoms with Crippen LogP contribution in [0.4, 0.5) is 0 Å². The van der Waals surface area contributed by atoms with Crippen molar-refractivity contribution in [2.75, 3.05) is 13.1 Å². The second-order valence-corrected chi connectivity index (χ2v) is 6.04. The molecule has 5 nitrogen and oxygen atoms in total. The Balaban J connectivity index is 3.03. The van der Waals surface area contributed by atoms with E-state index in [-0.39, 0.29) is 6.42 Å². The van der Waals surface area contributed by atoms with Gasteiger partial charge in [-0.25, -0.2) is 9.59 Å². The first-order chi connectivity index (χ1) is 11.0. The quantitative estimate of drug-likeness (QED) is 0.565. The molecule has 0 atom stereocenters. The van der Waals surface area contributed by atoms with Gasteiger partial charge in [-0.15, -0.1) is 0 Å². The van der Waals surface area contributed by atoms with E-state index in [1.165, 1.54) is 0 Å². The van der Waals surface area contributed by atoms with Gasteiger partial charge in [0.2, 0.25) is 0 Å². The summed E-state index contributed by atoms with van der Waals surface area (Å²) in [5.74, 6) is -1.88. The molecule has 0 spiro atoms. The summed E-state index contributed by atoms with van der Waals surface area (Å²) in [4.78, 5) is 24.9. The summed E-state index contributed by atoms with van der Waals surface area (Å²) < 4.78 is 0. The van der Waals surface area contributed by atoms with E-state index in [4.69, 9.17) is 0 Å². The second-order valence-electron chi connectivity index (χ2n) is 6.04. The number of nitrogens with zero attached hydrogens (tertiary/aromatic N) is 1. The molecule has 2 N–H and O–H groups in total. The van der Waals surface area contributed by atoms with Crippen molar-refractivity contribution in [2.45, 2.75) is 65.2 Å². The maximum atomic E-state index is 11.5. The third-order valence-corrected chi connectivity index (χ3v) is 4.20. The molecule has 0 saturated carbocycles. The van der Waals surface area contributed by atoms with Gasteiger partial charge in [-0.3, -0.25) is 0 Å². The smallest absolute Gasteiger partial charge is 0.333 e. The number of hydrogen-bond donors (Lipinski definition) is 2. The molecule has 0 unspecified atom stereocenters. The van der Waals surface area contributed by atoms with Gasteiger partial charge in [0.1, 0.15) is 0 Å². The molecule has 0 aromatic heterocycles. The van der Waals surface area contributed by atoms with Gasteiger partial charge in [0.25, 0.3) is 0 Å². The van der Waals surface area contributed by atoms with Gasteiger partial charge >= 0.3 is 11.9 Å². The standard InChI is InChI=1S/C18H29NO4/c1-3-5-7-11-19(12-8-6-4-2)16-13-14(17(20)21)9-10-15(16)18(22)23/h13H,3-12H2,1-2H3,(H,20,21)(H,22,23). The molecule has 0 saturated heterocycles. The third kappa shape index (κ3) is 6.08. The van der Waals surface area contributed by atoms with Gasteiger partial charge in [-0.1, -0.05) is 39.5 Å². The van der Waals surface area contributed by atoms with E-state index in [1.54, 1.807) is 6.08 Å². The SMILES string of the molecule is CCCCCN(CCCCC)C1=C(C(=O)O)CCC(C(=O)O)=C1. The summed E-state index contributed by atoms with van der Waals surface area (Å²) >= 11 is 0. The molecule has 0 bridgehead atoms. The number of hydrogen-bond acceptors (Lipinski definition) is 3. The maximum Gasteiger partial charge on any atom is 0.333 e. The lowest BCUT2D eigenvalue weighted by atomic mass is 9.94. The Kier molecular flexibility index (Phi) is 8.45. The molecule has 1 aliphatic carbocycles. The average Bonchev–Trinajstić information content (AvgIpc) is 2.53. The van der Waals surface area contributed by atoms with E-state index in [1.807, 2.05) is 0 Å². The fourth-order valence-electron chi connectivity index (χ4n) is 2.84. The number of carbonyl (C=O) groups is 2. The molecule has 0 heterocycles. The molecule has 130 valence electrons. The first-order valence-electron chi connectivity index (χ1n) is 8.66. The van der Waals surface area contributed by atoms with E-state index in [9.17, 15) is 19.8 Å². The molecule has 0 amide bonds. The van der Waals surface area contributed by atoms with Crippen molar-refractivity contribution < 1.29 is 19.8 Å². The summed E-state index contributed by atoms with van der Waals surface area (Å²) in [6, 6.07) is 0. The summed E-state index contributed by atoms with van der Waals surface area (Å²) in [5.41, 5.74) is 1.26. The van der Waals surface area contributed by atoms with E-state index in [0.717, 1.165) is 51.6 Å². The van der Waals surface area contributed by atoms with Crippen LogP contribution in [-0.2, 0) is 9.59 Å². The number of unbranched alkanes of at least 4 members (excludes halogenated alkanes) is 4. The largest absolute Gasteiger partial charge is 0.478 e. The van der Waals surface area contributed by atoms with Crippen molar-refractivity contribution in [1.29, 1.82) is 0 Å². The Hall–Kier alpha value is -1.78. The topological polar surface area (TPSA) is 77.8 Å². The summed E-state index contributed by atoms with van der Waals surface area (Å²) in [6.45, 7) is 5.83. The zero-order chi connectivity index (χ0) is 17.2. The third-order valence-electron chi connectivity index (χ3n) is 4.20. The first kappa shape index (κ1) is 19.3. The van der Waals surface area contributed by atoms with Crippen LogP contribution in [0.1, 0.15) is 65.2 Å². The number of allylic oxidation sites excluding steroid dienone is 1. The molecule has 1 aliphatic rings. The van der Waals surface area contributed by atoms with Gasteiger partial charge in [0.15, 0.2) is 0 Å². The van der Waals surface area contributed by atoms with Crippen LogP contribution in [0.25, 0.3) is 0 Å². The molecule has 0 aliphatic heterocycles. The van der Waals surface area contributed by atoms with E-state index in [0.29, 0.717) is 23.3 Å². The van der Waals surface area contributed by atoms with Crippen LogP contribution >= 0.6 is 0 Å². The summed E-state index contributed by atoms with van der Waals surface area (Å²) in [6.07, 6.45) is 8.54. The highest BCUT2D eigenvalue weighted by atomic mass is 16.4. The van der Waals surface area contributed by atoms with Crippen LogP contribution in [0.15, 0.2) is 22.9 Å². The van der Waals surface area contributed by atoms with Crippen molar-refractivity contribution in [1.82, 2.24) is 4.90 Å². The highest BCUT2D eigenvalue weighted by Gasteiger charge is 2.25. The minimum atomic E-state index is -0.950. The average molecular weight is 323 g/mol. The zero-order valence-electron chi connectivity index (χ0n) is 14.3. The number of carboxylic acid groups (broad SMARTS) is 2. The highest BCUT2D eigenvalue weighted by Crippen LogP contribution is 2.27. The van der Waals surface area contributed by atoms with Crippen molar-refractivity contribution in [3.8, 4) is 0 Å². The highest BCUT2D eigenvalue weighted by molar-refractivity contribution is 5.92. The Morgan fingerprint density at radius 3 is 1.96 bits per heavy atom. The first-order valence-corrected chi connectivity index (χ1v) is 8.66. The molecule has 0 fully saturated rings. The van der Waals surface area contributed by atoms with Crippen LogP contribution < -0.4 is 0 Å². The lowest BCUT2D eigenvalue weighted by Gasteiger charge is -2.30. The van der Waals surface area contributed by atoms with Crippen molar-refractivity contribution in [2.24, 2.45) is 0 Å². The number of rotatable bonds is 11. The lowest BCUT2D eigenvalue weighted by Crippen LogP contribution is -2.29. The molecular formula is C18H29NO4. The molecule has 0 aromatic carbocycles. The summed E-state index contributed by atoms with van der Waals surface area (Å²) in [5, 5.41) is 18.7. The van der Waals surface area contributed by atoms with Gasteiger partial charge in [0.05, 0.1) is 5.57 Å². The van der Waals surface area contributed by atoms with Gasteiger partial charge in [0, 0.05) is 24.4 Å². The minimum absolute atomic E-state index is 0.290. The van der Waals surface area contributed by atoms with Gasteiger partial charge in [-0.2, -0.15) is 0 Å². The second kappa shape index (κ2) is 10.1. The minimum Gasteiger partial charge on any atom is -0.478 e. The lowest BCUT2D eigenvalue weighted by molar-refractivity contribution is -0.134. The van der Waals surface area contributed by atoms with Crippen LogP contribution in [0.2, 0.25) is 0 Å². The van der Waals surface area contributed by atoms with E-state index in [2.05, 4.69) is 18.7 Å². The fraction of sp³-hybridized carbons (Fsp3) is 0.667. The Morgan fingerprint density at radius 2 is 1.52 bits per heavy atom. The maximum absolute atomic E-state index is 11.5. The normalized spacial score (nSPS) is 14.6. The number of aliphatic carboxylic acids is 2. The Morgan fingerprint density at radius 1 is 0.957 bits per heavy atom.